The molecule has 0 bridgehead atoms. The van der Waals surface area contributed by atoms with E-state index in [1.54, 1.807) is 12.1 Å². The van der Waals surface area contributed by atoms with Crippen molar-refractivity contribution < 1.29 is 13.9 Å². The summed E-state index contributed by atoms with van der Waals surface area (Å²) in [6.07, 6.45) is 0. The molecule has 0 aliphatic carbocycles. The van der Waals surface area contributed by atoms with Gasteiger partial charge in [0.05, 0.1) is 5.56 Å². The Hall–Kier alpha value is -2.16. The number of carbonyl (C=O) groups is 1. The van der Waals surface area contributed by atoms with Gasteiger partial charge in [-0.1, -0.05) is 23.8 Å². The number of ether oxygens (including phenoxy) is 1. The van der Waals surface area contributed by atoms with Crippen molar-refractivity contribution in [3.63, 3.8) is 0 Å². The van der Waals surface area contributed by atoms with Crippen molar-refractivity contribution in [2.75, 3.05) is 0 Å². The van der Waals surface area contributed by atoms with E-state index in [0.29, 0.717) is 5.75 Å². The van der Waals surface area contributed by atoms with E-state index >= 15 is 0 Å². The summed E-state index contributed by atoms with van der Waals surface area (Å²) in [6, 6.07) is 9.96. The van der Waals surface area contributed by atoms with Crippen LogP contribution in [0.15, 0.2) is 36.4 Å². The molecule has 98 valence electrons. The molecule has 0 heterocycles. The largest absolute Gasteiger partial charge is 0.453 e. The average molecular weight is 258 g/mol. The summed E-state index contributed by atoms with van der Waals surface area (Å²) in [5, 5.41) is 0. The average Bonchev–Trinajstić information content (AvgIpc) is 2.34. The van der Waals surface area contributed by atoms with Gasteiger partial charge in [-0.3, -0.25) is 4.79 Å². The van der Waals surface area contributed by atoms with Crippen molar-refractivity contribution in [1.29, 1.82) is 0 Å². The minimum Gasteiger partial charge on any atom is -0.453 e. The fourth-order valence-corrected chi connectivity index (χ4v) is 1.91. The zero-order chi connectivity index (χ0) is 14.0. The predicted molar refractivity (Wildman–Crippen MR) is 72.4 cm³/mol. The normalized spacial score (nSPS) is 10.3. The van der Waals surface area contributed by atoms with E-state index in [2.05, 4.69) is 0 Å². The second kappa shape index (κ2) is 5.22. The van der Waals surface area contributed by atoms with Gasteiger partial charge in [0, 0.05) is 0 Å². The summed E-state index contributed by atoms with van der Waals surface area (Å²) in [5.41, 5.74) is 2.25. The number of ketones is 1. The highest BCUT2D eigenvalue weighted by Gasteiger charge is 2.15. The van der Waals surface area contributed by atoms with Crippen LogP contribution in [0.4, 0.5) is 4.39 Å². The van der Waals surface area contributed by atoms with Crippen molar-refractivity contribution in [1.82, 2.24) is 0 Å². The van der Waals surface area contributed by atoms with Gasteiger partial charge >= 0.3 is 0 Å². The van der Waals surface area contributed by atoms with Crippen molar-refractivity contribution in [3.05, 3.63) is 58.9 Å². The molecule has 0 aliphatic heterocycles. The highest BCUT2D eigenvalue weighted by molar-refractivity contribution is 5.96. The first kappa shape index (κ1) is 13.3. The second-order valence-corrected chi connectivity index (χ2v) is 4.54. The van der Waals surface area contributed by atoms with E-state index in [9.17, 15) is 9.18 Å². The van der Waals surface area contributed by atoms with Gasteiger partial charge in [0.25, 0.3) is 0 Å². The van der Waals surface area contributed by atoms with Gasteiger partial charge < -0.3 is 4.74 Å². The first-order valence-electron chi connectivity index (χ1n) is 6.03. The van der Waals surface area contributed by atoms with Crippen LogP contribution in [0.1, 0.15) is 28.4 Å². The third kappa shape index (κ3) is 2.81. The number of benzene rings is 2. The number of hydrogen-bond acceptors (Lipinski definition) is 2. The van der Waals surface area contributed by atoms with Crippen LogP contribution in [-0.2, 0) is 0 Å². The molecule has 0 aliphatic rings. The molecule has 0 spiro atoms. The Bertz CT molecular complexity index is 633. The Labute approximate surface area is 111 Å². The summed E-state index contributed by atoms with van der Waals surface area (Å²) in [6.45, 7) is 5.25. The van der Waals surface area contributed by atoms with Crippen LogP contribution in [0.5, 0.6) is 11.5 Å². The maximum absolute atomic E-state index is 13.8. The van der Waals surface area contributed by atoms with E-state index in [1.165, 1.54) is 19.1 Å². The van der Waals surface area contributed by atoms with Gasteiger partial charge in [-0.05, 0) is 44.5 Å². The third-order valence-electron chi connectivity index (χ3n) is 2.89. The molecule has 0 saturated carbocycles. The Morgan fingerprint density at radius 2 is 1.89 bits per heavy atom. The first-order chi connectivity index (χ1) is 8.99. The Morgan fingerprint density at radius 1 is 1.16 bits per heavy atom. The molecule has 2 rings (SSSR count). The third-order valence-corrected chi connectivity index (χ3v) is 2.89. The fourth-order valence-electron chi connectivity index (χ4n) is 1.91. The maximum Gasteiger partial charge on any atom is 0.173 e. The van der Waals surface area contributed by atoms with Crippen LogP contribution >= 0.6 is 0 Å². The second-order valence-electron chi connectivity index (χ2n) is 4.54. The lowest BCUT2D eigenvalue weighted by Gasteiger charge is -2.12. The molecule has 2 aromatic rings. The zero-order valence-corrected chi connectivity index (χ0v) is 11.2. The lowest BCUT2D eigenvalue weighted by atomic mass is 10.1. The summed E-state index contributed by atoms with van der Waals surface area (Å²) in [5.74, 6) is -0.216. The Kier molecular flexibility index (Phi) is 3.65. The van der Waals surface area contributed by atoms with E-state index in [0.717, 1.165) is 11.1 Å². The minimum absolute atomic E-state index is 0.0121. The predicted octanol–water partition coefficient (Wildman–Crippen LogP) is 4.44. The van der Waals surface area contributed by atoms with Crippen molar-refractivity contribution >= 4 is 5.78 Å². The SMILES string of the molecule is CC(=O)c1cccc(F)c1Oc1ccc(C)cc1C. The van der Waals surface area contributed by atoms with Crippen LogP contribution in [0.25, 0.3) is 0 Å². The smallest absolute Gasteiger partial charge is 0.173 e. The maximum atomic E-state index is 13.8. The number of Topliss-reactive ketones (excluding diaryl/α,β-unsaturated/α-hetero) is 1. The van der Waals surface area contributed by atoms with Crippen molar-refractivity contribution in [2.45, 2.75) is 20.8 Å². The monoisotopic (exact) mass is 258 g/mol. The van der Waals surface area contributed by atoms with Gasteiger partial charge in [-0.2, -0.15) is 0 Å². The summed E-state index contributed by atoms with van der Waals surface area (Å²) >= 11 is 0. The number of hydrogen-bond donors (Lipinski definition) is 0. The van der Waals surface area contributed by atoms with Crippen molar-refractivity contribution in [3.8, 4) is 11.5 Å². The standard InChI is InChI=1S/C16H15FO2/c1-10-7-8-15(11(2)9-10)19-16-13(12(3)18)5-4-6-14(16)17/h4-9H,1-3H3. The molecule has 3 heteroatoms. The van der Waals surface area contributed by atoms with Crippen LogP contribution in [0.2, 0.25) is 0 Å². The lowest BCUT2D eigenvalue weighted by molar-refractivity contribution is 0.101. The molecule has 0 amide bonds. The van der Waals surface area contributed by atoms with E-state index in [1.807, 2.05) is 26.0 Å². The number of rotatable bonds is 3. The topological polar surface area (TPSA) is 26.3 Å². The van der Waals surface area contributed by atoms with Crippen LogP contribution in [-0.4, -0.2) is 5.78 Å². The lowest BCUT2D eigenvalue weighted by Crippen LogP contribution is -2.00. The molecule has 0 atom stereocenters. The molecular weight excluding hydrogens is 243 g/mol. The minimum atomic E-state index is -0.535. The van der Waals surface area contributed by atoms with Gasteiger partial charge in [0.2, 0.25) is 0 Å². The van der Waals surface area contributed by atoms with Crippen LogP contribution in [0.3, 0.4) is 0 Å². The van der Waals surface area contributed by atoms with Gasteiger partial charge in [-0.25, -0.2) is 4.39 Å². The van der Waals surface area contributed by atoms with E-state index in [4.69, 9.17) is 4.74 Å². The number of halogens is 1. The highest BCUT2D eigenvalue weighted by Crippen LogP contribution is 2.31. The fraction of sp³-hybridized carbons (Fsp3) is 0.188. The molecule has 0 fully saturated rings. The molecule has 2 aromatic carbocycles. The number of aryl methyl sites for hydroxylation is 2. The van der Waals surface area contributed by atoms with E-state index < -0.39 is 5.82 Å². The van der Waals surface area contributed by atoms with Crippen LogP contribution in [0, 0.1) is 19.7 Å². The van der Waals surface area contributed by atoms with Gasteiger partial charge in [-0.15, -0.1) is 0 Å². The van der Waals surface area contributed by atoms with Gasteiger partial charge in [0.1, 0.15) is 5.75 Å². The van der Waals surface area contributed by atoms with Crippen LogP contribution < -0.4 is 4.74 Å². The molecule has 0 aromatic heterocycles. The molecular formula is C16H15FO2. The molecule has 0 saturated heterocycles. The Balaban J connectivity index is 2.46. The molecule has 2 nitrogen and oxygen atoms in total. The zero-order valence-electron chi connectivity index (χ0n) is 11.2. The summed E-state index contributed by atoms with van der Waals surface area (Å²) < 4.78 is 19.4. The first-order valence-corrected chi connectivity index (χ1v) is 6.03. The van der Waals surface area contributed by atoms with Gasteiger partial charge in [0.15, 0.2) is 17.3 Å². The summed E-state index contributed by atoms with van der Waals surface area (Å²) in [7, 11) is 0. The molecule has 0 N–H and O–H groups in total. The quantitative estimate of drug-likeness (QED) is 0.761. The summed E-state index contributed by atoms with van der Waals surface area (Å²) in [4.78, 5) is 11.5. The molecule has 0 radical (unpaired) electrons. The Morgan fingerprint density at radius 3 is 2.53 bits per heavy atom. The molecule has 19 heavy (non-hydrogen) atoms. The van der Waals surface area contributed by atoms with Crippen molar-refractivity contribution in [2.24, 2.45) is 0 Å². The number of para-hydroxylation sites is 1. The van der Waals surface area contributed by atoms with E-state index in [-0.39, 0.29) is 17.1 Å². The molecule has 0 unspecified atom stereocenters. The highest BCUT2D eigenvalue weighted by atomic mass is 19.1. The number of carbonyl (C=O) groups excluding carboxylic acids is 1.